The lowest BCUT2D eigenvalue weighted by atomic mass is 9.73. The molecule has 4 heterocycles. The van der Waals surface area contributed by atoms with E-state index < -0.39 is 35.8 Å². The van der Waals surface area contributed by atoms with Crippen LogP contribution in [-0.4, -0.2) is 55.0 Å². The average molecular weight is 397 g/mol. The number of ether oxygens (including phenoxy) is 1. The fourth-order valence-electron chi connectivity index (χ4n) is 4.82. The summed E-state index contributed by atoms with van der Waals surface area (Å²) in [4.78, 5) is 36.6. The second-order valence-corrected chi connectivity index (χ2v) is 8.20. The van der Waals surface area contributed by atoms with E-state index in [0.29, 0.717) is 44.2 Å². The van der Waals surface area contributed by atoms with Gasteiger partial charge in [-0.3, -0.25) is 9.59 Å². The molecular formula is C19H25F2N3O4. The lowest BCUT2D eigenvalue weighted by Crippen LogP contribution is -2.66. The van der Waals surface area contributed by atoms with Crippen molar-refractivity contribution in [1.29, 1.82) is 0 Å². The molecule has 2 amide bonds. The monoisotopic (exact) mass is 397 g/mol. The molecule has 5 atom stereocenters. The molecule has 9 heteroatoms. The SMILES string of the molecule is O=C1OCC/C1=C\[C@H](C[C@@H]1CCNC1=O)NC(=O)[C@H]1N[C@H]2CC[C@@H]1C(F)(F)C2. The molecule has 1 saturated carbocycles. The Kier molecular flexibility index (Phi) is 5.11. The van der Waals surface area contributed by atoms with Gasteiger partial charge in [0.2, 0.25) is 11.8 Å². The first-order valence-electron chi connectivity index (χ1n) is 9.93. The number of fused-ring (bicyclic) bond motifs is 3. The Morgan fingerprint density at radius 1 is 1.32 bits per heavy atom. The number of carbonyl (C=O) groups excluding carboxylic acids is 3. The predicted octanol–water partition coefficient (Wildman–Crippen LogP) is 0.647. The number of alkyl halides is 2. The minimum Gasteiger partial charge on any atom is -0.462 e. The summed E-state index contributed by atoms with van der Waals surface area (Å²) in [6.07, 6.45) is 3.75. The minimum absolute atomic E-state index is 0.0898. The molecule has 0 aromatic rings. The number of amides is 2. The molecule has 0 radical (unpaired) electrons. The summed E-state index contributed by atoms with van der Waals surface area (Å²) in [5.41, 5.74) is 0.451. The molecule has 5 fully saturated rings. The average Bonchev–Trinajstić information content (AvgIpc) is 3.22. The van der Waals surface area contributed by atoms with E-state index in [4.69, 9.17) is 4.74 Å². The number of carbonyl (C=O) groups is 3. The van der Waals surface area contributed by atoms with Crippen molar-refractivity contribution in [3.8, 4) is 0 Å². The van der Waals surface area contributed by atoms with Crippen LogP contribution in [0.1, 0.15) is 38.5 Å². The number of cyclic esters (lactones) is 1. The first-order valence-corrected chi connectivity index (χ1v) is 9.93. The first kappa shape index (κ1) is 19.3. The fraction of sp³-hybridized carbons (Fsp3) is 0.737. The van der Waals surface area contributed by atoms with E-state index in [9.17, 15) is 23.2 Å². The van der Waals surface area contributed by atoms with Crippen molar-refractivity contribution < 1.29 is 27.9 Å². The van der Waals surface area contributed by atoms with Crippen LogP contribution in [0.4, 0.5) is 8.78 Å². The van der Waals surface area contributed by atoms with Crippen LogP contribution in [-0.2, 0) is 19.1 Å². The summed E-state index contributed by atoms with van der Waals surface area (Å²) in [6.45, 7) is 0.859. The molecule has 0 unspecified atom stereocenters. The quantitative estimate of drug-likeness (QED) is 0.468. The van der Waals surface area contributed by atoms with Gasteiger partial charge in [-0.15, -0.1) is 0 Å². The van der Waals surface area contributed by atoms with Gasteiger partial charge in [-0.05, 0) is 25.7 Å². The Bertz CT molecular complexity index is 711. The van der Waals surface area contributed by atoms with Crippen LogP contribution in [0.15, 0.2) is 11.6 Å². The molecule has 1 aliphatic carbocycles. The first-order chi connectivity index (χ1) is 13.3. The third kappa shape index (κ3) is 3.76. The molecule has 0 aromatic carbocycles. The molecule has 0 spiro atoms. The smallest absolute Gasteiger partial charge is 0.333 e. The Hall–Kier alpha value is -2.03. The highest BCUT2D eigenvalue weighted by Crippen LogP contribution is 2.44. The highest BCUT2D eigenvalue weighted by Gasteiger charge is 2.55. The van der Waals surface area contributed by atoms with E-state index in [1.54, 1.807) is 6.08 Å². The summed E-state index contributed by atoms with van der Waals surface area (Å²) >= 11 is 0. The number of hydrogen-bond acceptors (Lipinski definition) is 5. The molecule has 4 saturated heterocycles. The van der Waals surface area contributed by atoms with Crippen molar-refractivity contribution in [3.63, 3.8) is 0 Å². The fourth-order valence-corrected chi connectivity index (χ4v) is 4.82. The van der Waals surface area contributed by atoms with E-state index in [0.717, 1.165) is 0 Å². The normalized spacial score (nSPS) is 36.3. The molecule has 5 rings (SSSR count). The van der Waals surface area contributed by atoms with Crippen LogP contribution in [0.3, 0.4) is 0 Å². The summed E-state index contributed by atoms with van der Waals surface area (Å²) in [5.74, 6) is -5.19. The number of halogens is 2. The van der Waals surface area contributed by atoms with Gasteiger partial charge in [0.25, 0.3) is 5.92 Å². The Balaban J connectivity index is 1.49. The summed E-state index contributed by atoms with van der Waals surface area (Å²) in [7, 11) is 0. The maximum absolute atomic E-state index is 14.3. The van der Waals surface area contributed by atoms with E-state index in [1.807, 2.05) is 0 Å². The van der Waals surface area contributed by atoms with E-state index in [2.05, 4.69) is 16.0 Å². The van der Waals surface area contributed by atoms with Crippen LogP contribution in [0, 0.1) is 11.8 Å². The summed E-state index contributed by atoms with van der Waals surface area (Å²) < 4.78 is 33.5. The molecule has 3 N–H and O–H groups in total. The highest BCUT2D eigenvalue weighted by atomic mass is 19.3. The highest BCUT2D eigenvalue weighted by molar-refractivity contribution is 5.90. The van der Waals surface area contributed by atoms with Gasteiger partial charge in [0.05, 0.1) is 12.6 Å². The van der Waals surface area contributed by atoms with Gasteiger partial charge in [0, 0.05) is 48.9 Å². The van der Waals surface area contributed by atoms with E-state index in [1.165, 1.54) is 0 Å². The predicted molar refractivity (Wildman–Crippen MR) is 94.3 cm³/mol. The Morgan fingerprint density at radius 3 is 2.75 bits per heavy atom. The molecule has 154 valence electrons. The van der Waals surface area contributed by atoms with Crippen molar-refractivity contribution in [2.75, 3.05) is 13.2 Å². The van der Waals surface area contributed by atoms with Crippen molar-refractivity contribution in [2.24, 2.45) is 11.8 Å². The van der Waals surface area contributed by atoms with Crippen LogP contribution < -0.4 is 16.0 Å². The largest absolute Gasteiger partial charge is 0.462 e. The van der Waals surface area contributed by atoms with Crippen molar-refractivity contribution >= 4 is 17.8 Å². The van der Waals surface area contributed by atoms with Crippen LogP contribution in [0.2, 0.25) is 0 Å². The molecular weight excluding hydrogens is 372 g/mol. The van der Waals surface area contributed by atoms with Crippen LogP contribution in [0.25, 0.3) is 0 Å². The zero-order valence-corrected chi connectivity index (χ0v) is 15.5. The summed E-state index contributed by atoms with van der Waals surface area (Å²) in [5, 5.41) is 8.59. The van der Waals surface area contributed by atoms with E-state index >= 15 is 0 Å². The standard InChI is InChI=1S/C19H25F2N3O4/c20-19(21)9-12-1-2-14(19)15(23-12)17(26)24-13(7-10-3-5-22-16(10)25)8-11-4-6-28-18(11)27/h8,10,12-15,23H,1-7,9H2,(H,22,25)(H,24,26)/b11-8+/t10-,12-,13-,14-,15-/m0/s1. The van der Waals surface area contributed by atoms with Gasteiger partial charge < -0.3 is 20.7 Å². The molecule has 0 aromatic heterocycles. The van der Waals surface area contributed by atoms with Gasteiger partial charge in [0.15, 0.2) is 0 Å². The number of esters is 1. The molecule has 7 nitrogen and oxygen atoms in total. The maximum Gasteiger partial charge on any atom is 0.333 e. The third-order valence-corrected chi connectivity index (χ3v) is 6.29. The summed E-state index contributed by atoms with van der Waals surface area (Å²) in [6, 6.07) is -1.91. The molecule has 5 aliphatic rings. The maximum atomic E-state index is 14.3. The zero-order valence-electron chi connectivity index (χ0n) is 15.5. The van der Waals surface area contributed by atoms with Crippen molar-refractivity contribution in [2.45, 2.75) is 62.6 Å². The zero-order chi connectivity index (χ0) is 19.9. The topological polar surface area (TPSA) is 96.5 Å². The lowest BCUT2D eigenvalue weighted by molar-refractivity contribution is -0.154. The Labute approximate surface area is 161 Å². The molecule has 28 heavy (non-hydrogen) atoms. The number of rotatable bonds is 5. The van der Waals surface area contributed by atoms with E-state index in [-0.39, 0.29) is 30.9 Å². The number of piperidine rings is 2. The van der Waals surface area contributed by atoms with Gasteiger partial charge in [-0.1, -0.05) is 6.08 Å². The van der Waals surface area contributed by atoms with Gasteiger partial charge in [-0.25, -0.2) is 13.6 Å². The second kappa shape index (κ2) is 7.42. The van der Waals surface area contributed by atoms with Crippen molar-refractivity contribution in [3.05, 3.63) is 11.6 Å². The van der Waals surface area contributed by atoms with Gasteiger partial charge in [-0.2, -0.15) is 0 Å². The second-order valence-electron chi connectivity index (χ2n) is 8.20. The Morgan fingerprint density at radius 2 is 2.14 bits per heavy atom. The number of hydrogen-bond donors (Lipinski definition) is 3. The van der Waals surface area contributed by atoms with Crippen molar-refractivity contribution in [1.82, 2.24) is 16.0 Å². The van der Waals surface area contributed by atoms with Gasteiger partial charge in [0.1, 0.15) is 0 Å². The molecule has 4 aliphatic heterocycles. The molecule has 2 bridgehead atoms. The van der Waals surface area contributed by atoms with Crippen LogP contribution >= 0.6 is 0 Å². The minimum atomic E-state index is -2.86. The van der Waals surface area contributed by atoms with Gasteiger partial charge >= 0.3 is 5.97 Å². The third-order valence-electron chi connectivity index (χ3n) is 6.29. The van der Waals surface area contributed by atoms with Crippen LogP contribution in [0.5, 0.6) is 0 Å². The lowest BCUT2D eigenvalue weighted by Gasteiger charge is -2.47. The number of nitrogens with one attached hydrogen (secondary N) is 3.